The van der Waals surface area contributed by atoms with E-state index in [2.05, 4.69) is 50.0 Å². The molecular weight excluding hydrogens is 364 g/mol. The van der Waals surface area contributed by atoms with Gasteiger partial charge >= 0.3 is 0 Å². The van der Waals surface area contributed by atoms with Gasteiger partial charge in [-0.25, -0.2) is 0 Å². The van der Waals surface area contributed by atoms with Crippen molar-refractivity contribution in [3.05, 3.63) is 60.3 Å². The van der Waals surface area contributed by atoms with E-state index in [1.807, 2.05) is 30.6 Å². The molecule has 0 spiro atoms. The molecule has 0 saturated carbocycles. The molecule has 5 rings (SSSR count). The molecule has 0 amide bonds. The van der Waals surface area contributed by atoms with E-state index in [-0.39, 0.29) is 0 Å². The van der Waals surface area contributed by atoms with Gasteiger partial charge in [-0.1, -0.05) is 12.1 Å². The number of morpholine rings is 1. The fourth-order valence-corrected chi connectivity index (χ4v) is 3.77. The normalized spacial score (nSPS) is 17.0. The van der Waals surface area contributed by atoms with Gasteiger partial charge in [0.25, 0.3) is 0 Å². The molecular formula is C23H24N4O2. The molecule has 2 aliphatic rings. The fourth-order valence-electron chi connectivity index (χ4n) is 3.77. The summed E-state index contributed by atoms with van der Waals surface area (Å²) in [5, 5.41) is 5.66. The van der Waals surface area contributed by atoms with Crippen LogP contribution < -0.4 is 4.74 Å². The molecule has 6 nitrogen and oxygen atoms in total. The Balaban J connectivity index is 1.25. The molecule has 1 aromatic heterocycles. The number of nitrogens with zero attached hydrogens (tertiary/aromatic N) is 4. The zero-order valence-corrected chi connectivity index (χ0v) is 16.3. The van der Waals surface area contributed by atoms with Crippen molar-refractivity contribution in [1.29, 1.82) is 0 Å². The predicted molar refractivity (Wildman–Crippen MR) is 115 cm³/mol. The van der Waals surface area contributed by atoms with Crippen LogP contribution in [0.2, 0.25) is 0 Å². The maximum Gasteiger partial charge on any atom is 0.128 e. The summed E-state index contributed by atoms with van der Waals surface area (Å²) in [7, 11) is 0. The summed E-state index contributed by atoms with van der Waals surface area (Å²) < 4.78 is 13.5. The Bertz CT molecular complexity index is 1050. The van der Waals surface area contributed by atoms with E-state index in [1.54, 1.807) is 0 Å². The molecule has 0 bridgehead atoms. The molecule has 6 heteroatoms. The van der Waals surface area contributed by atoms with E-state index in [9.17, 15) is 0 Å². The van der Waals surface area contributed by atoms with E-state index in [1.165, 1.54) is 11.1 Å². The molecule has 2 aliphatic heterocycles. The van der Waals surface area contributed by atoms with Crippen LogP contribution in [0.4, 0.5) is 0 Å². The Kier molecular flexibility index (Phi) is 5.11. The number of hydrogen-bond acceptors (Lipinski definition) is 5. The minimum absolute atomic E-state index is 0.756. The Hall–Kier alpha value is -2.96. The molecule has 0 unspecified atom stereocenters. The van der Waals surface area contributed by atoms with Crippen LogP contribution in [0.15, 0.2) is 59.7 Å². The maximum atomic E-state index is 6.06. The summed E-state index contributed by atoms with van der Waals surface area (Å²) in [6.07, 6.45) is 5.83. The van der Waals surface area contributed by atoms with Gasteiger partial charge < -0.3 is 9.47 Å². The Morgan fingerprint density at radius 2 is 1.79 bits per heavy atom. The number of benzene rings is 2. The highest BCUT2D eigenvalue weighted by molar-refractivity contribution is 5.89. The first-order valence-corrected chi connectivity index (χ1v) is 10.1. The zero-order valence-electron chi connectivity index (χ0n) is 16.3. The number of aromatic nitrogens is 2. The van der Waals surface area contributed by atoms with E-state index in [0.29, 0.717) is 0 Å². The highest BCUT2D eigenvalue weighted by Gasteiger charge is 2.11. The monoisotopic (exact) mass is 388 g/mol. The predicted octanol–water partition coefficient (Wildman–Crippen LogP) is 3.63. The summed E-state index contributed by atoms with van der Waals surface area (Å²) in [6.45, 7) is 6.28. The number of fused-ring (bicyclic) bond motifs is 1. The van der Waals surface area contributed by atoms with Gasteiger partial charge in [-0.15, -0.1) is 0 Å². The molecule has 1 saturated heterocycles. The molecule has 0 radical (unpaired) electrons. The largest absolute Gasteiger partial charge is 0.457 e. The lowest BCUT2D eigenvalue weighted by molar-refractivity contribution is 0.0361. The Labute approximate surface area is 170 Å². The number of ether oxygens (including phenoxy) is 2. The minimum atomic E-state index is 0.756. The van der Waals surface area contributed by atoms with Crippen molar-refractivity contribution in [2.75, 3.05) is 39.4 Å². The fraction of sp³-hybridized carbons (Fsp3) is 0.304. The lowest BCUT2D eigenvalue weighted by Crippen LogP contribution is -2.38. The maximum absolute atomic E-state index is 6.06. The van der Waals surface area contributed by atoms with Crippen LogP contribution in [0, 0.1) is 0 Å². The summed E-state index contributed by atoms with van der Waals surface area (Å²) in [6, 6.07) is 14.3. The van der Waals surface area contributed by atoms with Crippen LogP contribution in [0.5, 0.6) is 11.5 Å². The second-order valence-electron chi connectivity index (χ2n) is 7.35. The van der Waals surface area contributed by atoms with Gasteiger partial charge in [-0.3, -0.25) is 14.6 Å². The van der Waals surface area contributed by atoms with Crippen LogP contribution in [0.3, 0.4) is 0 Å². The average molecular weight is 388 g/mol. The number of allylic oxidation sites excluding steroid dienone is 1. The van der Waals surface area contributed by atoms with Crippen molar-refractivity contribution < 1.29 is 9.47 Å². The third-order valence-corrected chi connectivity index (χ3v) is 5.45. The third kappa shape index (κ3) is 4.09. The zero-order chi connectivity index (χ0) is 19.5. The van der Waals surface area contributed by atoms with Crippen molar-refractivity contribution in [1.82, 2.24) is 14.7 Å². The van der Waals surface area contributed by atoms with Gasteiger partial charge in [-0.2, -0.15) is 5.10 Å². The van der Waals surface area contributed by atoms with Crippen molar-refractivity contribution in [3.8, 4) is 11.5 Å². The minimum Gasteiger partial charge on any atom is -0.457 e. The number of aliphatic imine (C=N–C) groups is 1. The van der Waals surface area contributed by atoms with Crippen LogP contribution in [0.1, 0.15) is 5.56 Å². The first-order chi connectivity index (χ1) is 14.3. The molecule has 2 aromatic carbocycles. The molecule has 1 fully saturated rings. The molecule has 0 atom stereocenters. The summed E-state index contributed by atoms with van der Waals surface area (Å²) in [5.74, 6) is 1.65. The van der Waals surface area contributed by atoms with Crippen molar-refractivity contribution in [2.24, 2.45) is 4.99 Å². The van der Waals surface area contributed by atoms with Crippen LogP contribution >= 0.6 is 0 Å². The summed E-state index contributed by atoms with van der Waals surface area (Å²) in [5.41, 5.74) is 3.56. The molecule has 29 heavy (non-hydrogen) atoms. The third-order valence-electron chi connectivity index (χ3n) is 5.45. The average Bonchev–Trinajstić information content (AvgIpc) is 3.44. The highest BCUT2D eigenvalue weighted by atomic mass is 16.5. The van der Waals surface area contributed by atoms with E-state index < -0.39 is 0 Å². The molecule has 3 heterocycles. The second-order valence-corrected chi connectivity index (χ2v) is 7.35. The number of hydrogen-bond donors (Lipinski definition) is 0. The van der Waals surface area contributed by atoms with Gasteiger partial charge in [0.05, 0.1) is 38.0 Å². The highest BCUT2D eigenvalue weighted by Crippen LogP contribution is 2.27. The Morgan fingerprint density at radius 1 is 0.966 bits per heavy atom. The molecule has 0 N–H and O–H groups in total. The molecule has 0 aliphatic carbocycles. The topological polar surface area (TPSA) is 51.9 Å². The SMILES string of the molecule is C1=NCC(c2ccc(Oc3ccc4c(cnn4CCN4CCOCC4)c3)cc2)=C1. The van der Waals surface area contributed by atoms with Crippen molar-refractivity contribution in [2.45, 2.75) is 6.54 Å². The quantitative estimate of drug-likeness (QED) is 0.647. The molecule has 3 aromatic rings. The summed E-state index contributed by atoms with van der Waals surface area (Å²) >= 11 is 0. The first kappa shape index (κ1) is 18.1. The lowest BCUT2D eigenvalue weighted by Gasteiger charge is -2.26. The smallest absolute Gasteiger partial charge is 0.128 e. The van der Waals surface area contributed by atoms with Crippen molar-refractivity contribution in [3.63, 3.8) is 0 Å². The van der Waals surface area contributed by atoms with Gasteiger partial charge in [-0.05, 0) is 47.5 Å². The van der Waals surface area contributed by atoms with Gasteiger partial charge in [0.2, 0.25) is 0 Å². The molecule has 148 valence electrons. The van der Waals surface area contributed by atoms with Crippen LogP contribution in [-0.2, 0) is 11.3 Å². The van der Waals surface area contributed by atoms with E-state index in [0.717, 1.165) is 68.3 Å². The standard InChI is InChI=1S/C23H24N4O2/c1-3-21(4-2-18(1)19-7-8-24-16-19)29-22-5-6-23-20(15-22)17-25-27(23)10-9-26-11-13-28-14-12-26/h1-8,15,17H,9-14,16H2. The van der Waals surface area contributed by atoms with Gasteiger partial charge in [0.15, 0.2) is 0 Å². The van der Waals surface area contributed by atoms with Gasteiger partial charge in [0, 0.05) is 31.2 Å². The van der Waals surface area contributed by atoms with Crippen LogP contribution in [0.25, 0.3) is 16.5 Å². The Morgan fingerprint density at radius 3 is 2.59 bits per heavy atom. The van der Waals surface area contributed by atoms with Crippen molar-refractivity contribution >= 4 is 22.7 Å². The lowest BCUT2D eigenvalue weighted by atomic mass is 10.1. The second kappa shape index (κ2) is 8.19. The first-order valence-electron chi connectivity index (χ1n) is 10.1. The van der Waals surface area contributed by atoms with Gasteiger partial charge in [0.1, 0.15) is 11.5 Å². The van der Waals surface area contributed by atoms with E-state index >= 15 is 0 Å². The van der Waals surface area contributed by atoms with E-state index in [4.69, 9.17) is 9.47 Å². The number of rotatable bonds is 6. The summed E-state index contributed by atoms with van der Waals surface area (Å²) in [4.78, 5) is 6.66. The van der Waals surface area contributed by atoms with Crippen LogP contribution in [-0.4, -0.2) is 60.3 Å².